The fourth-order valence-corrected chi connectivity index (χ4v) is 3.44. The van der Waals surface area contributed by atoms with Crippen molar-refractivity contribution < 1.29 is 0 Å². The zero-order valence-corrected chi connectivity index (χ0v) is 14.1. The van der Waals surface area contributed by atoms with Crippen molar-refractivity contribution in [2.75, 3.05) is 37.6 Å². The molecule has 20 heavy (non-hydrogen) atoms. The Hall–Kier alpha value is -0.650. The van der Waals surface area contributed by atoms with E-state index in [1.54, 1.807) is 0 Å². The maximum Gasteiger partial charge on any atom is 0.185 e. The average molecular weight is 296 g/mol. The van der Waals surface area contributed by atoms with Crippen molar-refractivity contribution >= 4 is 16.5 Å². The molecule has 1 fully saturated rings. The van der Waals surface area contributed by atoms with Crippen molar-refractivity contribution in [1.29, 1.82) is 0 Å². The second-order valence-corrected chi connectivity index (χ2v) is 6.68. The zero-order valence-electron chi connectivity index (χ0n) is 13.3. The highest BCUT2D eigenvalue weighted by atomic mass is 32.1. The maximum absolute atomic E-state index is 4.77. The SMILES string of the molecule is CCC(C)NCc1sc(N2CCN(CC)CC2)nc1C. The molecule has 1 saturated heterocycles. The summed E-state index contributed by atoms with van der Waals surface area (Å²) in [6.45, 7) is 15.5. The summed E-state index contributed by atoms with van der Waals surface area (Å²) in [5.74, 6) is 0. The topological polar surface area (TPSA) is 31.4 Å². The monoisotopic (exact) mass is 296 g/mol. The van der Waals surface area contributed by atoms with Crippen molar-refractivity contribution in [2.24, 2.45) is 0 Å². The minimum atomic E-state index is 0.577. The Morgan fingerprint density at radius 1 is 1.25 bits per heavy atom. The Labute approximate surface area is 127 Å². The van der Waals surface area contributed by atoms with Crippen LogP contribution in [0.1, 0.15) is 37.8 Å². The number of rotatable bonds is 6. The van der Waals surface area contributed by atoms with Crippen LogP contribution < -0.4 is 10.2 Å². The third kappa shape index (κ3) is 3.93. The van der Waals surface area contributed by atoms with Crippen LogP contribution in [0.25, 0.3) is 0 Å². The van der Waals surface area contributed by atoms with Gasteiger partial charge in [0.1, 0.15) is 0 Å². The number of hydrogen-bond donors (Lipinski definition) is 1. The molecule has 114 valence electrons. The first-order valence-corrected chi connectivity index (χ1v) is 8.62. The Morgan fingerprint density at radius 3 is 2.55 bits per heavy atom. The molecule has 1 atom stereocenters. The summed E-state index contributed by atoms with van der Waals surface area (Å²) in [5, 5.41) is 4.77. The molecule has 0 radical (unpaired) electrons. The van der Waals surface area contributed by atoms with E-state index in [9.17, 15) is 0 Å². The molecule has 0 amide bonds. The van der Waals surface area contributed by atoms with Crippen molar-refractivity contribution in [3.8, 4) is 0 Å². The summed E-state index contributed by atoms with van der Waals surface area (Å²) in [5.41, 5.74) is 1.19. The molecule has 1 unspecified atom stereocenters. The number of nitrogens with zero attached hydrogens (tertiary/aromatic N) is 3. The van der Waals surface area contributed by atoms with Gasteiger partial charge in [-0.05, 0) is 26.8 Å². The Kier molecular flexibility index (Phi) is 5.81. The standard InChI is InChI=1S/C15H28N4S/c1-5-12(3)16-11-14-13(4)17-15(20-14)19-9-7-18(6-2)8-10-19/h12,16H,5-11H2,1-4H3. The van der Waals surface area contributed by atoms with Crippen molar-refractivity contribution in [3.05, 3.63) is 10.6 Å². The lowest BCUT2D eigenvalue weighted by Gasteiger charge is -2.33. The fraction of sp³-hybridized carbons (Fsp3) is 0.800. The van der Waals surface area contributed by atoms with Crippen LogP contribution in [0.15, 0.2) is 0 Å². The van der Waals surface area contributed by atoms with Crippen LogP contribution in [0, 0.1) is 6.92 Å². The van der Waals surface area contributed by atoms with E-state index in [4.69, 9.17) is 4.98 Å². The van der Waals surface area contributed by atoms with Gasteiger partial charge in [0.05, 0.1) is 5.69 Å². The van der Waals surface area contributed by atoms with Crippen LogP contribution in [0.3, 0.4) is 0 Å². The van der Waals surface area contributed by atoms with Crippen LogP contribution >= 0.6 is 11.3 Å². The van der Waals surface area contributed by atoms with Gasteiger partial charge in [-0.3, -0.25) is 0 Å². The van der Waals surface area contributed by atoms with Gasteiger partial charge in [0.15, 0.2) is 5.13 Å². The van der Waals surface area contributed by atoms with E-state index in [1.807, 2.05) is 11.3 Å². The van der Waals surface area contributed by atoms with E-state index in [-0.39, 0.29) is 0 Å². The molecule has 0 aromatic carbocycles. The normalized spacial score (nSPS) is 18.5. The molecule has 0 aliphatic carbocycles. The number of likely N-dealkylation sites (N-methyl/N-ethyl adjacent to an activating group) is 1. The maximum atomic E-state index is 4.77. The summed E-state index contributed by atoms with van der Waals surface area (Å²) in [7, 11) is 0. The predicted molar refractivity (Wildman–Crippen MR) is 87.8 cm³/mol. The lowest BCUT2D eigenvalue weighted by Crippen LogP contribution is -2.46. The van der Waals surface area contributed by atoms with Gasteiger partial charge >= 0.3 is 0 Å². The molecule has 1 aromatic rings. The summed E-state index contributed by atoms with van der Waals surface area (Å²) >= 11 is 1.86. The van der Waals surface area contributed by atoms with Gasteiger partial charge in [0, 0.05) is 43.6 Å². The molecule has 2 heterocycles. The summed E-state index contributed by atoms with van der Waals surface area (Å²) < 4.78 is 0. The van der Waals surface area contributed by atoms with Gasteiger partial charge in [0.2, 0.25) is 0 Å². The van der Waals surface area contributed by atoms with E-state index in [2.05, 4.69) is 42.8 Å². The predicted octanol–water partition coefficient (Wildman–Crippen LogP) is 2.48. The first kappa shape index (κ1) is 15.7. The highest BCUT2D eigenvalue weighted by Crippen LogP contribution is 2.27. The van der Waals surface area contributed by atoms with Gasteiger partial charge in [-0.1, -0.05) is 13.8 Å². The van der Waals surface area contributed by atoms with Crippen LogP contribution in [0.5, 0.6) is 0 Å². The van der Waals surface area contributed by atoms with Gasteiger partial charge in [-0.2, -0.15) is 0 Å². The fourth-order valence-electron chi connectivity index (χ4n) is 2.38. The van der Waals surface area contributed by atoms with E-state index >= 15 is 0 Å². The minimum absolute atomic E-state index is 0.577. The summed E-state index contributed by atoms with van der Waals surface area (Å²) in [6.07, 6.45) is 1.17. The second-order valence-electron chi connectivity index (χ2n) is 5.62. The third-order valence-electron chi connectivity index (χ3n) is 4.19. The van der Waals surface area contributed by atoms with Crippen LogP contribution in [-0.2, 0) is 6.54 Å². The molecule has 0 bridgehead atoms. The first-order valence-electron chi connectivity index (χ1n) is 7.81. The highest BCUT2D eigenvalue weighted by Gasteiger charge is 2.19. The van der Waals surface area contributed by atoms with Crippen molar-refractivity contribution in [2.45, 2.75) is 46.7 Å². The van der Waals surface area contributed by atoms with E-state index in [0.717, 1.165) is 39.3 Å². The molecular weight excluding hydrogens is 268 g/mol. The Bertz CT molecular complexity index is 410. The molecular formula is C15H28N4S. The molecule has 1 N–H and O–H groups in total. The summed E-state index contributed by atoms with van der Waals surface area (Å²) in [4.78, 5) is 11.1. The van der Waals surface area contributed by atoms with Gasteiger partial charge in [0.25, 0.3) is 0 Å². The number of thiazole rings is 1. The van der Waals surface area contributed by atoms with Crippen LogP contribution in [0.2, 0.25) is 0 Å². The first-order chi connectivity index (χ1) is 9.63. The number of piperazine rings is 1. The highest BCUT2D eigenvalue weighted by molar-refractivity contribution is 7.15. The zero-order chi connectivity index (χ0) is 14.5. The van der Waals surface area contributed by atoms with Gasteiger partial charge < -0.3 is 15.1 Å². The van der Waals surface area contributed by atoms with E-state index < -0.39 is 0 Å². The van der Waals surface area contributed by atoms with Crippen molar-refractivity contribution in [3.63, 3.8) is 0 Å². The number of aryl methyl sites for hydroxylation is 1. The molecule has 4 nitrogen and oxygen atoms in total. The number of anilines is 1. The Balaban J connectivity index is 1.93. The van der Waals surface area contributed by atoms with Gasteiger partial charge in [-0.25, -0.2) is 4.98 Å². The van der Waals surface area contributed by atoms with Gasteiger partial charge in [-0.15, -0.1) is 11.3 Å². The van der Waals surface area contributed by atoms with Crippen molar-refractivity contribution in [1.82, 2.24) is 15.2 Å². The lowest BCUT2D eigenvalue weighted by atomic mass is 10.2. The molecule has 1 aromatic heterocycles. The molecule has 1 aliphatic rings. The van der Waals surface area contributed by atoms with E-state index in [1.165, 1.54) is 22.1 Å². The smallest absolute Gasteiger partial charge is 0.185 e. The molecule has 1 aliphatic heterocycles. The lowest BCUT2D eigenvalue weighted by molar-refractivity contribution is 0.271. The van der Waals surface area contributed by atoms with Crippen LogP contribution in [0.4, 0.5) is 5.13 Å². The third-order valence-corrected chi connectivity index (χ3v) is 5.41. The van der Waals surface area contributed by atoms with Crippen LogP contribution in [-0.4, -0.2) is 48.6 Å². The summed E-state index contributed by atoms with van der Waals surface area (Å²) in [6, 6.07) is 0.577. The number of aromatic nitrogens is 1. The number of hydrogen-bond acceptors (Lipinski definition) is 5. The largest absolute Gasteiger partial charge is 0.346 e. The Morgan fingerprint density at radius 2 is 1.95 bits per heavy atom. The molecule has 2 rings (SSSR count). The molecule has 0 spiro atoms. The molecule has 0 saturated carbocycles. The number of nitrogens with one attached hydrogen (secondary N) is 1. The second kappa shape index (κ2) is 7.38. The van der Waals surface area contributed by atoms with E-state index in [0.29, 0.717) is 6.04 Å². The average Bonchev–Trinajstić information content (AvgIpc) is 2.86. The quantitative estimate of drug-likeness (QED) is 0.874. The minimum Gasteiger partial charge on any atom is -0.346 e. The molecule has 5 heteroatoms.